The molecular weight excluding hydrogens is 256 g/mol. The zero-order chi connectivity index (χ0) is 13.3. The molecule has 1 aliphatic heterocycles. The van der Waals surface area contributed by atoms with Crippen LogP contribution in [0, 0.1) is 0 Å². The molecule has 0 amide bonds. The quantitative estimate of drug-likeness (QED) is 0.834. The molecule has 0 unspecified atom stereocenters. The number of carbonyl (C=O) groups is 1. The zero-order valence-corrected chi connectivity index (χ0v) is 11.1. The number of nitrogens with zero attached hydrogens (tertiary/aromatic N) is 2. The third-order valence-corrected chi connectivity index (χ3v) is 3.01. The summed E-state index contributed by atoms with van der Waals surface area (Å²) in [6, 6.07) is 2.97. The monoisotopic (exact) mass is 270 g/mol. The predicted molar refractivity (Wildman–Crippen MR) is 68.5 cm³/mol. The van der Waals surface area contributed by atoms with Crippen LogP contribution in [0.2, 0.25) is 5.15 Å². The van der Waals surface area contributed by atoms with Crippen LogP contribution in [0.15, 0.2) is 12.1 Å². The largest absolute Gasteiger partial charge is 0.478 e. The second-order valence-electron chi connectivity index (χ2n) is 4.84. The summed E-state index contributed by atoms with van der Waals surface area (Å²) < 4.78 is 5.60. The molecule has 1 saturated heterocycles. The summed E-state index contributed by atoms with van der Waals surface area (Å²) in [6.07, 6.45) is 0. The van der Waals surface area contributed by atoms with Gasteiger partial charge in [0.05, 0.1) is 12.2 Å². The van der Waals surface area contributed by atoms with Gasteiger partial charge < -0.3 is 14.7 Å². The van der Waals surface area contributed by atoms with Gasteiger partial charge in [-0.3, -0.25) is 0 Å². The van der Waals surface area contributed by atoms with Crippen LogP contribution in [0.1, 0.15) is 24.2 Å². The first kappa shape index (κ1) is 13.1. The van der Waals surface area contributed by atoms with E-state index in [-0.39, 0.29) is 11.2 Å². The highest BCUT2D eigenvalue weighted by molar-refractivity contribution is 6.29. The number of aromatic carboxylic acids is 1. The van der Waals surface area contributed by atoms with E-state index in [1.165, 1.54) is 12.1 Å². The molecule has 1 fully saturated rings. The molecule has 18 heavy (non-hydrogen) atoms. The molecule has 98 valence electrons. The molecular formula is C12H15ClN2O3. The molecule has 2 heterocycles. The minimum Gasteiger partial charge on any atom is -0.478 e. The lowest BCUT2D eigenvalue weighted by molar-refractivity contribution is -0.0279. The van der Waals surface area contributed by atoms with Gasteiger partial charge in [-0.05, 0) is 26.0 Å². The van der Waals surface area contributed by atoms with Gasteiger partial charge in [0.1, 0.15) is 16.5 Å². The first-order valence-electron chi connectivity index (χ1n) is 5.68. The van der Waals surface area contributed by atoms with Crippen molar-refractivity contribution in [3.05, 3.63) is 22.8 Å². The summed E-state index contributed by atoms with van der Waals surface area (Å²) >= 11 is 5.85. The number of carboxylic acids is 1. The number of pyridine rings is 1. The number of hydrogen-bond acceptors (Lipinski definition) is 4. The summed E-state index contributed by atoms with van der Waals surface area (Å²) in [5.41, 5.74) is -0.157. The van der Waals surface area contributed by atoms with Crippen molar-refractivity contribution in [3.8, 4) is 0 Å². The number of morpholine rings is 1. The Labute approximate surface area is 110 Å². The molecule has 0 aromatic carbocycles. The number of ether oxygens (including phenoxy) is 1. The highest BCUT2D eigenvalue weighted by Crippen LogP contribution is 2.26. The SMILES string of the molecule is CC1(C)CN(c2nc(Cl)ccc2C(=O)O)CCO1. The molecule has 1 aromatic rings. The maximum absolute atomic E-state index is 11.2. The maximum Gasteiger partial charge on any atom is 0.339 e. The highest BCUT2D eigenvalue weighted by Gasteiger charge is 2.30. The van der Waals surface area contributed by atoms with E-state index in [2.05, 4.69) is 4.98 Å². The average Bonchev–Trinajstić information content (AvgIpc) is 2.27. The number of halogens is 1. The molecule has 0 saturated carbocycles. The Morgan fingerprint density at radius 1 is 1.56 bits per heavy atom. The van der Waals surface area contributed by atoms with Crippen LogP contribution in [-0.2, 0) is 4.74 Å². The van der Waals surface area contributed by atoms with Gasteiger partial charge in [0.2, 0.25) is 0 Å². The number of carboxylic acid groups (broad SMARTS) is 1. The molecule has 0 bridgehead atoms. The Hall–Kier alpha value is -1.33. The van der Waals surface area contributed by atoms with E-state index in [0.29, 0.717) is 30.7 Å². The van der Waals surface area contributed by atoms with Crippen LogP contribution in [0.3, 0.4) is 0 Å². The Morgan fingerprint density at radius 3 is 2.89 bits per heavy atom. The van der Waals surface area contributed by atoms with Crippen molar-refractivity contribution in [2.24, 2.45) is 0 Å². The minimum absolute atomic E-state index is 0.164. The van der Waals surface area contributed by atoms with E-state index in [1.54, 1.807) is 0 Å². The number of anilines is 1. The fourth-order valence-electron chi connectivity index (χ4n) is 2.03. The second-order valence-corrected chi connectivity index (χ2v) is 5.23. The molecule has 0 radical (unpaired) electrons. The highest BCUT2D eigenvalue weighted by atomic mass is 35.5. The lowest BCUT2D eigenvalue weighted by atomic mass is 10.1. The summed E-state index contributed by atoms with van der Waals surface area (Å²) in [5.74, 6) is -0.593. The molecule has 0 aliphatic carbocycles. The van der Waals surface area contributed by atoms with Gasteiger partial charge in [0.15, 0.2) is 0 Å². The molecule has 0 spiro atoms. The van der Waals surface area contributed by atoms with Crippen molar-refractivity contribution in [2.75, 3.05) is 24.6 Å². The Morgan fingerprint density at radius 2 is 2.28 bits per heavy atom. The van der Waals surface area contributed by atoms with Gasteiger partial charge in [-0.2, -0.15) is 0 Å². The average molecular weight is 271 g/mol. The van der Waals surface area contributed by atoms with Crippen molar-refractivity contribution in [2.45, 2.75) is 19.4 Å². The van der Waals surface area contributed by atoms with E-state index in [4.69, 9.17) is 16.3 Å². The first-order chi connectivity index (χ1) is 8.39. The van der Waals surface area contributed by atoms with Crippen LogP contribution < -0.4 is 4.90 Å². The van der Waals surface area contributed by atoms with Gasteiger partial charge in [-0.1, -0.05) is 11.6 Å². The molecule has 0 atom stereocenters. The first-order valence-corrected chi connectivity index (χ1v) is 6.05. The van der Waals surface area contributed by atoms with E-state index in [0.717, 1.165) is 0 Å². The van der Waals surface area contributed by atoms with Crippen LogP contribution in [0.25, 0.3) is 0 Å². The van der Waals surface area contributed by atoms with E-state index < -0.39 is 5.97 Å². The van der Waals surface area contributed by atoms with Crippen LogP contribution >= 0.6 is 11.6 Å². The van der Waals surface area contributed by atoms with Gasteiger partial charge in [0.25, 0.3) is 0 Å². The Bertz CT molecular complexity index is 476. The number of aromatic nitrogens is 1. The van der Waals surface area contributed by atoms with Gasteiger partial charge >= 0.3 is 5.97 Å². The summed E-state index contributed by atoms with van der Waals surface area (Å²) in [7, 11) is 0. The minimum atomic E-state index is -1.00. The molecule has 1 N–H and O–H groups in total. The maximum atomic E-state index is 11.2. The van der Waals surface area contributed by atoms with E-state index in [1.807, 2.05) is 18.7 Å². The third-order valence-electron chi connectivity index (χ3n) is 2.80. The fourth-order valence-corrected chi connectivity index (χ4v) is 2.17. The summed E-state index contributed by atoms with van der Waals surface area (Å²) in [5, 5.41) is 9.47. The van der Waals surface area contributed by atoms with Crippen molar-refractivity contribution in [1.29, 1.82) is 0 Å². The van der Waals surface area contributed by atoms with Crippen LogP contribution in [0.5, 0.6) is 0 Å². The van der Waals surface area contributed by atoms with E-state index in [9.17, 15) is 9.90 Å². The zero-order valence-electron chi connectivity index (χ0n) is 10.3. The Kier molecular flexibility index (Phi) is 3.45. The van der Waals surface area contributed by atoms with Gasteiger partial charge in [-0.15, -0.1) is 0 Å². The third kappa shape index (κ3) is 2.73. The predicted octanol–water partition coefficient (Wildman–Crippen LogP) is 2.05. The van der Waals surface area contributed by atoms with Crippen molar-refractivity contribution >= 4 is 23.4 Å². The summed E-state index contributed by atoms with van der Waals surface area (Å²) in [6.45, 7) is 5.66. The summed E-state index contributed by atoms with van der Waals surface area (Å²) in [4.78, 5) is 17.2. The normalized spacial score (nSPS) is 18.7. The van der Waals surface area contributed by atoms with Crippen molar-refractivity contribution < 1.29 is 14.6 Å². The molecule has 6 heteroatoms. The smallest absolute Gasteiger partial charge is 0.339 e. The van der Waals surface area contributed by atoms with Gasteiger partial charge in [-0.25, -0.2) is 9.78 Å². The fraction of sp³-hybridized carbons (Fsp3) is 0.500. The lowest BCUT2D eigenvalue weighted by Crippen LogP contribution is -2.49. The number of hydrogen-bond donors (Lipinski definition) is 1. The lowest BCUT2D eigenvalue weighted by Gasteiger charge is -2.39. The molecule has 1 aliphatic rings. The molecule has 2 rings (SSSR count). The van der Waals surface area contributed by atoms with Gasteiger partial charge in [0, 0.05) is 13.1 Å². The standard InChI is InChI=1S/C12H15ClN2O3/c1-12(2)7-15(5-6-18-12)10-8(11(16)17)3-4-9(13)14-10/h3-4H,5-7H2,1-2H3,(H,16,17). The van der Waals surface area contributed by atoms with Crippen LogP contribution in [-0.4, -0.2) is 41.4 Å². The van der Waals surface area contributed by atoms with Crippen molar-refractivity contribution in [3.63, 3.8) is 0 Å². The van der Waals surface area contributed by atoms with Crippen molar-refractivity contribution in [1.82, 2.24) is 4.98 Å². The second kappa shape index (κ2) is 4.74. The van der Waals surface area contributed by atoms with E-state index >= 15 is 0 Å². The van der Waals surface area contributed by atoms with Crippen LogP contribution in [0.4, 0.5) is 5.82 Å². The molecule has 5 nitrogen and oxygen atoms in total. The molecule has 1 aromatic heterocycles. The topological polar surface area (TPSA) is 62.7 Å². The number of rotatable bonds is 2. The Balaban J connectivity index is 2.37.